The van der Waals surface area contributed by atoms with Crippen LogP contribution in [0, 0.1) is 6.92 Å². The molecule has 4 heteroatoms. The lowest BCUT2D eigenvalue weighted by Gasteiger charge is -2.29. The van der Waals surface area contributed by atoms with Crippen molar-refractivity contribution in [2.45, 2.75) is 19.9 Å². The Balaban J connectivity index is 1.67. The molecule has 1 aliphatic heterocycles. The van der Waals surface area contributed by atoms with Gasteiger partial charge in [0.25, 0.3) is 5.91 Å². The summed E-state index contributed by atoms with van der Waals surface area (Å²) in [4.78, 5) is 15.0. The minimum absolute atomic E-state index is 0.0361. The largest absolute Gasteiger partial charge is 0.333 e. The Morgan fingerprint density at radius 3 is 2.50 bits per heavy atom. The maximum Gasteiger partial charge on any atom is 0.272 e. The summed E-state index contributed by atoms with van der Waals surface area (Å²) in [6.45, 7) is 3.32. The fourth-order valence-electron chi connectivity index (χ4n) is 3.25. The molecule has 0 radical (unpaired) electrons. The molecule has 0 aliphatic carbocycles. The average Bonchev–Trinajstić information content (AvgIpc) is 3.03. The second kappa shape index (κ2) is 5.96. The first kappa shape index (κ1) is 14.7. The van der Waals surface area contributed by atoms with E-state index < -0.39 is 0 Å². The van der Waals surface area contributed by atoms with Crippen LogP contribution in [0.2, 0.25) is 0 Å². The van der Waals surface area contributed by atoms with Crippen molar-refractivity contribution in [3.8, 4) is 5.69 Å². The van der Waals surface area contributed by atoms with Gasteiger partial charge in [0.15, 0.2) is 0 Å². The van der Waals surface area contributed by atoms with Gasteiger partial charge in [-0.15, -0.1) is 0 Å². The summed E-state index contributed by atoms with van der Waals surface area (Å²) in [5.41, 5.74) is 4.96. The molecule has 120 valence electrons. The Labute approximate surface area is 141 Å². The number of hydrogen-bond acceptors (Lipinski definition) is 2. The van der Waals surface area contributed by atoms with Crippen LogP contribution in [-0.2, 0) is 13.0 Å². The van der Waals surface area contributed by atoms with Gasteiger partial charge in [-0.1, -0.05) is 42.5 Å². The molecular formula is C20H19N3O. The van der Waals surface area contributed by atoms with Crippen molar-refractivity contribution in [2.75, 3.05) is 6.54 Å². The Hall–Kier alpha value is -2.88. The Morgan fingerprint density at radius 2 is 1.71 bits per heavy atom. The lowest BCUT2D eigenvalue weighted by Crippen LogP contribution is -2.36. The van der Waals surface area contributed by atoms with E-state index >= 15 is 0 Å². The van der Waals surface area contributed by atoms with Crippen LogP contribution in [0.1, 0.15) is 27.3 Å². The third-order valence-corrected chi connectivity index (χ3v) is 4.47. The molecule has 0 N–H and O–H groups in total. The fraction of sp³-hybridized carbons (Fsp3) is 0.200. The number of para-hydroxylation sites is 1. The van der Waals surface area contributed by atoms with Crippen molar-refractivity contribution in [1.82, 2.24) is 14.7 Å². The van der Waals surface area contributed by atoms with Crippen molar-refractivity contribution in [2.24, 2.45) is 0 Å². The van der Waals surface area contributed by atoms with Gasteiger partial charge in [-0.2, -0.15) is 5.10 Å². The molecule has 1 aliphatic rings. The number of benzene rings is 2. The predicted octanol–water partition coefficient (Wildman–Crippen LogP) is 3.38. The number of nitrogens with zero attached hydrogens (tertiary/aromatic N) is 3. The normalized spacial score (nSPS) is 13.6. The highest BCUT2D eigenvalue weighted by Gasteiger charge is 2.25. The summed E-state index contributed by atoms with van der Waals surface area (Å²) >= 11 is 0. The molecule has 24 heavy (non-hydrogen) atoms. The molecule has 1 amide bonds. The summed E-state index contributed by atoms with van der Waals surface area (Å²) in [7, 11) is 0. The summed E-state index contributed by atoms with van der Waals surface area (Å²) < 4.78 is 1.75. The van der Waals surface area contributed by atoms with Crippen molar-refractivity contribution in [3.05, 3.63) is 83.2 Å². The number of amides is 1. The maximum absolute atomic E-state index is 13.1. The van der Waals surface area contributed by atoms with Crippen molar-refractivity contribution < 1.29 is 4.79 Å². The second-order valence-corrected chi connectivity index (χ2v) is 6.16. The van der Waals surface area contributed by atoms with E-state index in [2.05, 4.69) is 23.3 Å². The number of aromatic nitrogens is 2. The van der Waals surface area contributed by atoms with Gasteiger partial charge in [0.2, 0.25) is 0 Å². The van der Waals surface area contributed by atoms with Gasteiger partial charge < -0.3 is 4.90 Å². The first-order valence-corrected chi connectivity index (χ1v) is 8.20. The molecule has 2 heterocycles. The molecule has 4 nitrogen and oxygen atoms in total. The van der Waals surface area contributed by atoms with Gasteiger partial charge in [0.1, 0.15) is 5.69 Å². The Kier molecular flexibility index (Phi) is 3.65. The van der Waals surface area contributed by atoms with Crippen molar-refractivity contribution in [1.29, 1.82) is 0 Å². The van der Waals surface area contributed by atoms with Crippen LogP contribution < -0.4 is 0 Å². The van der Waals surface area contributed by atoms with E-state index in [1.54, 1.807) is 4.68 Å². The lowest BCUT2D eigenvalue weighted by atomic mass is 10.00. The van der Waals surface area contributed by atoms with Crippen LogP contribution in [0.4, 0.5) is 0 Å². The number of carbonyl (C=O) groups is 1. The summed E-state index contributed by atoms with van der Waals surface area (Å²) in [6, 6.07) is 20.0. The van der Waals surface area contributed by atoms with E-state index in [1.807, 2.05) is 54.3 Å². The number of carbonyl (C=O) groups excluding carboxylic acids is 1. The van der Waals surface area contributed by atoms with Crippen molar-refractivity contribution in [3.63, 3.8) is 0 Å². The first-order valence-electron chi connectivity index (χ1n) is 8.20. The Morgan fingerprint density at radius 1 is 1.00 bits per heavy atom. The quantitative estimate of drug-likeness (QED) is 0.727. The van der Waals surface area contributed by atoms with E-state index in [1.165, 1.54) is 11.1 Å². The van der Waals surface area contributed by atoms with Crippen LogP contribution in [0.15, 0.2) is 60.7 Å². The summed E-state index contributed by atoms with van der Waals surface area (Å²) in [6.07, 6.45) is 0.903. The van der Waals surface area contributed by atoms with Gasteiger partial charge in [0.05, 0.1) is 11.4 Å². The fourth-order valence-corrected chi connectivity index (χ4v) is 3.25. The molecule has 0 fully saturated rings. The molecule has 0 spiro atoms. The SMILES string of the molecule is Cc1cc(C(=O)N2CCc3ccccc3C2)n(-c2ccccc2)n1. The van der Waals surface area contributed by atoms with E-state index in [-0.39, 0.29) is 5.91 Å². The smallest absolute Gasteiger partial charge is 0.272 e. The summed E-state index contributed by atoms with van der Waals surface area (Å²) in [5, 5.41) is 4.51. The highest BCUT2D eigenvalue weighted by molar-refractivity contribution is 5.93. The number of rotatable bonds is 2. The number of fused-ring (bicyclic) bond motifs is 1. The lowest BCUT2D eigenvalue weighted by molar-refractivity contribution is 0.0725. The zero-order chi connectivity index (χ0) is 16.5. The van der Waals surface area contributed by atoms with E-state index in [0.717, 1.165) is 24.3 Å². The topological polar surface area (TPSA) is 38.1 Å². The third kappa shape index (κ3) is 2.60. The molecule has 0 bridgehead atoms. The van der Waals surface area contributed by atoms with Gasteiger partial charge >= 0.3 is 0 Å². The summed E-state index contributed by atoms with van der Waals surface area (Å²) in [5.74, 6) is 0.0361. The molecule has 0 unspecified atom stereocenters. The highest BCUT2D eigenvalue weighted by atomic mass is 16.2. The zero-order valence-electron chi connectivity index (χ0n) is 13.6. The zero-order valence-corrected chi connectivity index (χ0v) is 13.6. The molecule has 1 aromatic heterocycles. The molecule has 2 aromatic carbocycles. The maximum atomic E-state index is 13.1. The molecule has 3 aromatic rings. The van der Waals surface area contributed by atoms with Crippen molar-refractivity contribution >= 4 is 5.91 Å². The standard InChI is InChI=1S/C20H19N3O/c1-15-13-19(23(21-15)18-9-3-2-4-10-18)20(24)22-12-11-16-7-5-6-8-17(16)14-22/h2-10,13H,11-12,14H2,1H3. The van der Waals surface area contributed by atoms with E-state index in [0.29, 0.717) is 12.2 Å². The molecule has 0 saturated heterocycles. The van der Waals surface area contributed by atoms with E-state index in [4.69, 9.17) is 0 Å². The van der Waals surface area contributed by atoms with Crippen LogP contribution >= 0.6 is 0 Å². The molecular weight excluding hydrogens is 298 g/mol. The first-order chi connectivity index (χ1) is 11.7. The number of hydrogen-bond donors (Lipinski definition) is 0. The van der Waals surface area contributed by atoms with Gasteiger partial charge in [-0.3, -0.25) is 4.79 Å². The minimum atomic E-state index is 0.0361. The predicted molar refractivity (Wildman–Crippen MR) is 93.2 cm³/mol. The monoisotopic (exact) mass is 317 g/mol. The molecule has 4 rings (SSSR count). The van der Waals surface area contributed by atoms with Gasteiger partial charge in [0, 0.05) is 13.1 Å². The minimum Gasteiger partial charge on any atom is -0.333 e. The second-order valence-electron chi connectivity index (χ2n) is 6.16. The van der Waals surface area contributed by atoms with Gasteiger partial charge in [-0.25, -0.2) is 4.68 Å². The van der Waals surface area contributed by atoms with Crippen LogP contribution in [0.3, 0.4) is 0 Å². The average molecular weight is 317 g/mol. The molecule has 0 saturated carbocycles. The highest BCUT2D eigenvalue weighted by Crippen LogP contribution is 2.21. The van der Waals surface area contributed by atoms with Crippen LogP contribution in [0.5, 0.6) is 0 Å². The van der Waals surface area contributed by atoms with Crippen LogP contribution in [0.25, 0.3) is 5.69 Å². The van der Waals surface area contributed by atoms with E-state index in [9.17, 15) is 4.79 Å². The third-order valence-electron chi connectivity index (χ3n) is 4.47. The number of aryl methyl sites for hydroxylation is 1. The molecule has 0 atom stereocenters. The van der Waals surface area contributed by atoms with Crippen LogP contribution in [-0.4, -0.2) is 27.1 Å². The van der Waals surface area contributed by atoms with Gasteiger partial charge in [-0.05, 0) is 42.7 Å². The Bertz CT molecular complexity index is 883.